The van der Waals surface area contributed by atoms with E-state index in [0.717, 1.165) is 10.9 Å². The Morgan fingerprint density at radius 1 is 1.43 bits per heavy atom. The van der Waals surface area contributed by atoms with Gasteiger partial charge in [0.25, 0.3) is 0 Å². The van der Waals surface area contributed by atoms with Gasteiger partial charge in [-0.1, -0.05) is 40.5 Å². The van der Waals surface area contributed by atoms with Crippen LogP contribution in [0.25, 0.3) is 10.9 Å². The maximum absolute atomic E-state index is 8.54. The quantitative estimate of drug-likeness (QED) is 0.440. The molecule has 0 radical (unpaired) electrons. The second-order valence-electron chi connectivity index (χ2n) is 2.76. The fraction of sp³-hybridized carbons (Fsp3) is 0. The number of nitrogens with one attached hydrogen (secondary N) is 1. The summed E-state index contributed by atoms with van der Waals surface area (Å²) < 4.78 is 0. The van der Waals surface area contributed by atoms with Gasteiger partial charge >= 0.3 is 0 Å². The predicted molar refractivity (Wildman–Crippen MR) is 57.5 cm³/mol. The van der Waals surface area contributed by atoms with Crippen molar-refractivity contribution >= 4 is 39.3 Å². The average molecular weight is 229 g/mol. The van der Waals surface area contributed by atoms with Crippen molar-refractivity contribution in [1.29, 1.82) is 0 Å². The molecular weight excluding hydrogens is 223 g/mol. The van der Waals surface area contributed by atoms with E-state index >= 15 is 0 Å². The predicted octanol–water partition coefficient (Wildman–Crippen LogP) is 3.20. The van der Waals surface area contributed by atoms with Crippen LogP contribution in [0.2, 0.25) is 5.02 Å². The van der Waals surface area contributed by atoms with Crippen LogP contribution in [0.15, 0.2) is 29.6 Å². The first-order valence-corrected chi connectivity index (χ1v) is 4.63. The second kappa shape index (κ2) is 3.52. The Morgan fingerprint density at radius 3 is 2.93 bits per heavy atom. The zero-order valence-electron chi connectivity index (χ0n) is 6.96. The highest BCUT2D eigenvalue weighted by atomic mass is 35.5. The Hall–Kier alpha value is -1.19. The SMILES string of the molecule is O/N=C(/Cl)c1c[nH]c2c(Cl)cccc12. The van der Waals surface area contributed by atoms with Crippen molar-refractivity contribution in [3.63, 3.8) is 0 Å². The summed E-state index contributed by atoms with van der Waals surface area (Å²) in [5.74, 6) is 0. The highest BCUT2D eigenvalue weighted by molar-refractivity contribution is 6.70. The summed E-state index contributed by atoms with van der Waals surface area (Å²) in [6.07, 6.45) is 1.65. The van der Waals surface area contributed by atoms with E-state index in [1.54, 1.807) is 12.3 Å². The molecule has 0 atom stereocenters. The van der Waals surface area contributed by atoms with E-state index in [1.807, 2.05) is 12.1 Å². The molecule has 2 aromatic rings. The summed E-state index contributed by atoms with van der Waals surface area (Å²) in [6, 6.07) is 5.43. The molecule has 1 heterocycles. The number of benzene rings is 1. The van der Waals surface area contributed by atoms with E-state index in [9.17, 15) is 0 Å². The molecule has 1 aromatic heterocycles. The number of halogens is 2. The Labute approximate surface area is 89.9 Å². The molecule has 0 unspecified atom stereocenters. The number of aromatic amines is 1. The number of rotatable bonds is 1. The van der Waals surface area contributed by atoms with Crippen molar-refractivity contribution in [3.8, 4) is 0 Å². The highest BCUT2D eigenvalue weighted by Crippen LogP contribution is 2.26. The third kappa shape index (κ3) is 1.35. The summed E-state index contributed by atoms with van der Waals surface area (Å²) in [6.45, 7) is 0. The maximum Gasteiger partial charge on any atom is 0.177 e. The Kier molecular flexibility index (Phi) is 2.35. The van der Waals surface area contributed by atoms with Gasteiger partial charge in [0.15, 0.2) is 5.17 Å². The fourth-order valence-electron chi connectivity index (χ4n) is 1.34. The normalized spacial score (nSPS) is 12.3. The molecule has 0 amide bonds. The molecule has 0 saturated carbocycles. The largest absolute Gasteiger partial charge is 0.410 e. The third-order valence-corrected chi connectivity index (χ3v) is 2.57. The average Bonchev–Trinajstić information content (AvgIpc) is 2.62. The molecular formula is C9H6Cl2N2O. The van der Waals surface area contributed by atoms with Crippen LogP contribution in [0.3, 0.4) is 0 Å². The van der Waals surface area contributed by atoms with Crippen LogP contribution >= 0.6 is 23.2 Å². The zero-order chi connectivity index (χ0) is 10.1. The van der Waals surface area contributed by atoms with Gasteiger partial charge in [0, 0.05) is 17.1 Å². The molecule has 0 aliphatic carbocycles. The first kappa shape index (κ1) is 9.37. The zero-order valence-corrected chi connectivity index (χ0v) is 8.47. The fourth-order valence-corrected chi connectivity index (χ4v) is 1.73. The van der Waals surface area contributed by atoms with Crippen LogP contribution in [0.1, 0.15) is 5.56 Å². The molecule has 5 heteroatoms. The molecule has 2 N–H and O–H groups in total. The molecule has 0 aliphatic rings. The van der Waals surface area contributed by atoms with E-state index in [1.165, 1.54) is 0 Å². The van der Waals surface area contributed by atoms with Gasteiger partial charge in [-0.05, 0) is 6.07 Å². The van der Waals surface area contributed by atoms with Gasteiger partial charge < -0.3 is 10.2 Å². The van der Waals surface area contributed by atoms with Crippen LogP contribution in [0.5, 0.6) is 0 Å². The van der Waals surface area contributed by atoms with Gasteiger partial charge in [-0.3, -0.25) is 0 Å². The molecule has 3 nitrogen and oxygen atoms in total. The van der Waals surface area contributed by atoms with E-state index in [4.69, 9.17) is 28.4 Å². The number of aromatic nitrogens is 1. The molecule has 72 valence electrons. The van der Waals surface area contributed by atoms with E-state index < -0.39 is 0 Å². The minimum atomic E-state index is 0.0403. The van der Waals surface area contributed by atoms with Crippen molar-refractivity contribution in [2.45, 2.75) is 0 Å². The van der Waals surface area contributed by atoms with Crippen LogP contribution in [-0.4, -0.2) is 15.4 Å². The van der Waals surface area contributed by atoms with Crippen molar-refractivity contribution < 1.29 is 5.21 Å². The lowest BCUT2D eigenvalue weighted by molar-refractivity contribution is 0.321. The molecule has 0 spiro atoms. The second-order valence-corrected chi connectivity index (χ2v) is 3.52. The van der Waals surface area contributed by atoms with Crippen LogP contribution < -0.4 is 0 Å². The van der Waals surface area contributed by atoms with Crippen molar-refractivity contribution in [1.82, 2.24) is 4.98 Å². The number of H-pyrrole nitrogens is 1. The first-order valence-electron chi connectivity index (χ1n) is 3.87. The van der Waals surface area contributed by atoms with Crippen LogP contribution in [-0.2, 0) is 0 Å². The Balaban J connectivity index is 2.76. The van der Waals surface area contributed by atoms with Crippen molar-refractivity contribution in [2.24, 2.45) is 5.16 Å². The molecule has 0 saturated heterocycles. The summed E-state index contributed by atoms with van der Waals surface area (Å²) in [5.41, 5.74) is 1.41. The lowest BCUT2D eigenvalue weighted by Gasteiger charge is -1.94. The van der Waals surface area contributed by atoms with Gasteiger partial charge in [0.2, 0.25) is 0 Å². The summed E-state index contributed by atoms with van der Waals surface area (Å²) in [7, 11) is 0. The number of oxime groups is 1. The summed E-state index contributed by atoms with van der Waals surface area (Å²) in [4.78, 5) is 2.96. The molecule has 0 fully saturated rings. The first-order chi connectivity index (χ1) is 6.74. The summed E-state index contributed by atoms with van der Waals surface area (Å²) in [5, 5.41) is 13.0. The molecule has 14 heavy (non-hydrogen) atoms. The molecule has 2 rings (SSSR count). The third-order valence-electron chi connectivity index (χ3n) is 1.97. The standard InChI is InChI=1S/C9H6Cl2N2O/c10-7-3-1-2-5-6(9(11)13-14)4-12-8(5)7/h1-4,12,14H/b13-9+. The van der Waals surface area contributed by atoms with Gasteiger partial charge in [0.05, 0.1) is 10.5 Å². The van der Waals surface area contributed by atoms with E-state index in [0.29, 0.717) is 10.6 Å². The van der Waals surface area contributed by atoms with Crippen molar-refractivity contribution in [3.05, 3.63) is 35.0 Å². The minimum absolute atomic E-state index is 0.0403. The Bertz CT molecular complexity index is 504. The topological polar surface area (TPSA) is 48.4 Å². The molecule has 0 aliphatic heterocycles. The number of fused-ring (bicyclic) bond motifs is 1. The van der Waals surface area contributed by atoms with Gasteiger partial charge in [-0.25, -0.2) is 0 Å². The van der Waals surface area contributed by atoms with Gasteiger partial charge in [0.1, 0.15) is 0 Å². The van der Waals surface area contributed by atoms with Crippen molar-refractivity contribution in [2.75, 3.05) is 0 Å². The number of nitrogens with zero attached hydrogens (tertiary/aromatic N) is 1. The van der Waals surface area contributed by atoms with Gasteiger partial charge in [-0.15, -0.1) is 0 Å². The monoisotopic (exact) mass is 228 g/mol. The highest BCUT2D eigenvalue weighted by Gasteiger charge is 2.09. The molecule has 0 bridgehead atoms. The molecule has 1 aromatic carbocycles. The Morgan fingerprint density at radius 2 is 2.21 bits per heavy atom. The summed E-state index contributed by atoms with van der Waals surface area (Å²) >= 11 is 11.6. The van der Waals surface area contributed by atoms with Crippen LogP contribution in [0.4, 0.5) is 0 Å². The lowest BCUT2D eigenvalue weighted by atomic mass is 10.2. The van der Waals surface area contributed by atoms with Gasteiger partial charge in [-0.2, -0.15) is 0 Å². The maximum atomic E-state index is 8.54. The van der Waals surface area contributed by atoms with E-state index in [-0.39, 0.29) is 5.17 Å². The lowest BCUT2D eigenvalue weighted by Crippen LogP contribution is -1.87. The number of hydrogen-bond donors (Lipinski definition) is 2. The smallest absolute Gasteiger partial charge is 0.177 e. The minimum Gasteiger partial charge on any atom is -0.410 e. The number of para-hydroxylation sites is 1. The van der Waals surface area contributed by atoms with E-state index in [2.05, 4.69) is 10.1 Å². The number of hydrogen-bond acceptors (Lipinski definition) is 2. The van der Waals surface area contributed by atoms with Crippen LogP contribution in [0, 0.1) is 0 Å².